The fraction of sp³-hybridized carbons (Fsp3) is 1.00. The molecule has 0 amide bonds. The molecule has 1 aliphatic heterocycles. The van der Waals surface area contributed by atoms with Crippen molar-refractivity contribution in [1.29, 1.82) is 0 Å². The second-order valence-electron chi connectivity index (χ2n) is 6.16. The van der Waals surface area contributed by atoms with Crippen molar-refractivity contribution >= 4 is 15.9 Å². The lowest BCUT2D eigenvalue weighted by atomic mass is 9.78. The van der Waals surface area contributed by atoms with Crippen molar-refractivity contribution in [1.82, 2.24) is 4.90 Å². The predicted octanol–water partition coefficient (Wildman–Crippen LogP) is 4.45. The molecule has 1 heterocycles. The Morgan fingerprint density at radius 1 is 1.12 bits per heavy atom. The highest BCUT2D eigenvalue weighted by molar-refractivity contribution is 9.09. The number of hydrogen-bond donors (Lipinski definition) is 0. The predicted molar refractivity (Wildman–Crippen MR) is 78.7 cm³/mol. The lowest BCUT2D eigenvalue weighted by Crippen LogP contribution is -2.47. The average molecular weight is 302 g/mol. The number of piperidine rings is 1. The van der Waals surface area contributed by atoms with Crippen LogP contribution in [0.1, 0.15) is 58.3 Å². The number of fused-ring (bicyclic) bond motifs is 1. The maximum atomic E-state index is 3.56. The summed E-state index contributed by atoms with van der Waals surface area (Å²) in [5.41, 5.74) is 0. The number of alkyl halides is 1. The van der Waals surface area contributed by atoms with Crippen LogP contribution in [0.5, 0.6) is 0 Å². The monoisotopic (exact) mass is 301 g/mol. The standard InChI is InChI=1S/C15H28BrN/c1-13(8-10-16)9-12-17-11-4-6-14-5-2-3-7-15(14)17/h13-15H,2-12H2,1H3. The molecule has 3 unspecified atom stereocenters. The normalized spacial score (nSPS) is 32.1. The molecule has 17 heavy (non-hydrogen) atoms. The number of hydrogen-bond acceptors (Lipinski definition) is 1. The topological polar surface area (TPSA) is 3.24 Å². The van der Waals surface area contributed by atoms with Gasteiger partial charge >= 0.3 is 0 Å². The summed E-state index contributed by atoms with van der Waals surface area (Å²) >= 11 is 3.56. The van der Waals surface area contributed by atoms with Crippen LogP contribution in [0.4, 0.5) is 0 Å². The summed E-state index contributed by atoms with van der Waals surface area (Å²) < 4.78 is 0. The molecule has 0 aromatic heterocycles. The summed E-state index contributed by atoms with van der Waals surface area (Å²) in [6, 6.07) is 0.952. The van der Waals surface area contributed by atoms with Crippen molar-refractivity contribution in [3.05, 3.63) is 0 Å². The molecule has 0 aromatic carbocycles. The maximum absolute atomic E-state index is 3.56. The van der Waals surface area contributed by atoms with Crippen molar-refractivity contribution in [3.8, 4) is 0 Å². The molecule has 3 atom stereocenters. The quantitative estimate of drug-likeness (QED) is 0.678. The minimum atomic E-state index is 0.887. The van der Waals surface area contributed by atoms with E-state index in [4.69, 9.17) is 0 Å². The van der Waals surface area contributed by atoms with Crippen LogP contribution in [0.2, 0.25) is 0 Å². The molecule has 1 nitrogen and oxygen atoms in total. The maximum Gasteiger partial charge on any atom is 0.0123 e. The van der Waals surface area contributed by atoms with Crippen molar-refractivity contribution < 1.29 is 0 Å². The summed E-state index contributed by atoms with van der Waals surface area (Å²) in [5, 5.41) is 1.17. The van der Waals surface area contributed by atoms with Gasteiger partial charge in [-0.05, 0) is 63.5 Å². The van der Waals surface area contributed by atoms with Gasteiger partial charge in [0.05, 0.1) is 0 Å². The first-order chi connectivity index (χ1) is 8.31. The summed E-state index contributed by atoms with van der Waals surface area (Å²) in [4.78, 5) is 2.83. The van der Waals surface area contributed by atoms with E-state index in [2.05, 4.69) is 27.8 Å². The Morgan fingerprint density at radius 3 is 2.71 bits per heavy atom. The third kappa shape index (κ3) is 3.96. The van der Waals surface area contributed by atoms with E-state index in [0.717, 1.165) is 17.9 Å². The zero-order valence-corrected chi connectivity index (χ0v) is 12.9. The van der Waals surface area contributed by atoms with Crippen LogP contribution in [0, 0.1) is 11.8 Å². The van der Waals surface area contributed by atoms with E-state index < -0.39 is 0 Å². The molecule has 2 aliphatic rings. The third-order valence-corrected chi connectivity index (χ3v) is 5.33. The minimum Gasteiger partial charge on any atom is -0.300 e. The molecule has 1 saturated heterocycles. The molecular weight excluding hydrogens is 274 g/mol. The summed E-state index contributed by atoms with van der Waals surface area (Å²) in [6.45, 7) is 5.14. The van der Waals surface area contributed by atoms with Crippen molar-refractivity contribution in [2.45, 2.75) is 64.3 Å². The Kier molecular flexibility index (Phi) is 5.82. The Labute approximate surface area is 115 Å². The smallest absolute Gasteiger partial charge is 0.0123 e. The van der Waals surface area contributed by atoms with Crippen LogP contribution in [0.3, 0.4) is 0 Å². The van der Waals surface area contributed by atoms with E-state index in [9.17, 15) is 0 Å². The molecule has 0 aromatic rings. The second kappa shape index (κ2) is 7.13. The highest BCUT2D eigenvalue weighted by Gasteiger charge is 2.32. The molecule has 2 heteroatoms. The molecule has 1 aliphatic carbocycles. The highest BCUT2D eigenvalue weighted by Crippen LogP contribution is 2.35. The van der Waals surface area contributed by atoms with E-state index in [-0.39, 0.29) is 0 Å². The lowest BCUT2D eigenvalue weighted by molar-refractivity contribution is 0.0568. The summed E-state index contributed by atoms with van der Waals surface area (Å²) in [5.74, 6) is 1.93. The molecule has 1 saturated carbocycles. The van der Waals surface area contributed by atoms with Gasteiger partial charge in [-0.25, -0.2) is 0 Å². The van der Waals surface area contributed by atoms with Crippen LogP contribution >= 0.6 is 15.9 Å². The lowest BCUT2D eigenvalue weighted by Gasteiger charge is -2.44. The van der Waals surface area contributed by atoms with Crippen LogP contribution in [-0.2, 0) is 0 Å². The van der Waals surface area contributed by atoms with E-state index in [1.807, 2.05) is 0 Å². The summed E-state index contributed by atoms with van der Waals surface area (Å²) in [6.07, 6.45) is 11.7. The molecule has 0 spiro atoms. The van der Waals surface area contributed by atoms with Gasteiger partial charge in [0.2, 0.25) is 0 Å². The molecule has 0 N–H and O–H groups in total. The Balaban J connectivity index is 1.78. The van der Waals surface area contributed by atoms with Gasteiger partial charge in [0, 0.05) is 11.4 Å². The minimum absolute atomic E-state index is 0.887. The zero-order valence-electron chi connectivity index (χ0n) is 11.3. The van der Waals surface area contributed by atoms with Crippen molar-refractivity contribution in [2.24, 2.45) is 11.8 Å². The molecule has 2 fully saturated rings. The van der Waals surface area contributed by atoms with Gasteiger partial charge in [-0.2, -0.15) is 0 Å². The number of likely N-dealkylation sites (tertiary alicyclic amines) is 1. The first-order valence-electron chi connectivity index (χ1n) is 7.61. The van der Waals surface area contributed by atoms with Crippen molar-refractivity contribution in [2.75, 3.05) is 18.4 Å². The molecule has 2 rings (SSSR count). The Bertz CT molecular complexity index is 217. The number of nitrogens with zero attached hydrogens (tertiary/aromatic N) is 1. The van der Waals surface area contributed by atoms with E-state index in [1.54, 1.807) is 0 Å². The van der Waals surface area contributed by atoms with Gasteiger partial charge in [-0.1, -0.05) is 35.7 Å². The van der Waals surface area contributed by atoms with Crippen LogP contribution in [-0.4, -0.2) is 29.4 Å². The Morgan fingerprint density at radius 2 is 1.88 bits per heavy atom. The van der Waals surface area contributed by atoms with Crippen LogP contribution in [0.15, 0.2) is 0 Å². The fourth-order valence-corrected chi connectivity index (χ4v) is 4.50. The van der Waals surface area contributed by atoms with E-state index >= 15 is 0 Å². The average Bonchev–Trinajstić information content (AvgIpc) is 2.36. The van der Waals surface area contributed by atoms with Gasteiger partial charge in [0.1, 0.15) is 0 Å². The van der Waals surface area contributed by atoms with Gasteiger partial charge < -0.3 is 4.90 Å². The van der Waals surface area contributed by atoms with Gasteiger partial charge in [0.15, 0.2) is 0 Å². The third-order valence-electron chi connectivity index (χ3n) is 4.87. The first kappa shape index (κ1) is 13.9. The molecule has 100 valence electrons. The number of halogens is 1. The number of rotatable bonds is 5. The first-order valence-corrected chi connectivity index (χ1v) is 8.73. The zero-order chi connectivity index (χ0) is 12.1. The van der Waals surface area contributed by atoms with Gasteiger partial charge in [0.25, 0.3) is 0 Å². The van der Waals surface area contributed by atoms with Gasteiger partial charge in [-0.15, -0.1) is 0 Å². The van der Waals surface area contributed by atoms with Crippen LogP contribution in [0.25, 0.3) is 0 Å². The molecular formula is C15H28BrN. The highest BCUT2D eigenvalue weighted by atomic mass is 79.9. The summed E-state index contributed by atoms with van der Waals surface area (Å²) in [7, 11) is 0. The van der Waals surface area contributed by atoms with Crippen molar-refractivity contribution in [3.63, 3.8) is 0 Å². The van der Waals surface area contributed by atoms with Gasteiger partial charge in [-0.3, -0.25) is 0 Å². The van der Waals surface area contributed by atoms with Crippen LogP contribution < -0.4 is 0 Å². The largest absolute Gasteiger partial charge is 0.300 e. The molecule has 0 radical (unpaired) electrons. The second-order valence-corrected chi connectivity index (χ2v) is 6.95. The van der Waals surface area contributed by atoms with E-state index in [1.165, 1.54) is 69.8 Å². The SMILES string of the molecule is CC(CCBr)CCN1CCCC2CCCCC21. The fourth-order valence-electron chi connectivity index (χ4n) is 3.72. The molecule has 0 bridgehead atoms. The Hall–Kier alpha value is 0.440. The van der Waals surface area contributed by atoms with E-state index in [0.29, 0.717) is 0 Å².